The van der Waals surface area contributed by atoms with Crippen LogP contribution < -0.4 is 15.4 Å². The van der Waals surface area contributed by atoms with E-state index in [0.29, 0.717) is 5.75 Å². The van der Waals surface area contributed by atoms with Crippen LogP contribution in [-0.2, 0) is 4.79 Å². The molecule has 1 atom stereocenters. The number of nitrogens with one attached hydrogen (secondary N) is 2. The number of aryl methyl sites for hydroxylation is 1. The molecule has 0 saturated carbocycles. The first-order chi connectivity index (χ1) is 9.29. The molecule has 0 unspecified atom stereocenters. The van der Waals surface area contributed by atoms with E-state index in [9.17, 15) is 9.59 Å². The largest absolute Gasteiger partial charge is 0.480 e. The van der Waals surface area contributed by atoms with Crippen LogP contribution in [0.3, 0.4) is 0 Å². The van der Waals surface area contributed by atoms with Gasteiger partial charge in [0.2, 0.25) is 0 Å². The lowest BCUT2D eigenvalue weighted by Crippen LogP contribution is -2.47. The summed E-state index contributed by atoms with van der Waals surface area (Å²) in [6, 6.07) is 4.99. The first-order valence-electron chi connectivity index (χ1n) is 6.33. The molecule has 3 amide bonds. The summed E-state index contributed by atoms with van der Waals surface area (Å²) in [4.78, 5) is 23.2. The zero-order valence-corrected chi connectivity index (χ0v) is 13.6. The lowest BCUT2D eigenvalue weighted by molar-refractivity contribution is -0.126. The number of ether oxygens (including phenoxy) is 1. The number of carbonyl (C=O) groups is 2. The molecule has 0 aliphatic carbocycles. The summed E-state index contributed by atoms with van der Waals surface area (Å²) in [5.74, 6) is 0.0677. The van der Waals surface area contributed by atoms with Crippen LogP contribution >= 0.6 is 15.9 Å². The van der Waals surface area contributed by atoms with Gasteiger partial charge < -0.3 is 10.1 Å². The molecule has 2 N–H and O–H groups in total. The smallest absolute Gasteiger partial charge is 0.321 e. The summed E-state index contributed by atoms with van der Waals surface area (Å²) in [6.07, 6.45) is -0.771. The number of amides is 3. The van der Waals surface area contributed by atoms with Crippen LogP contribution in [0.5, 0.6) is 5.75 Å². The fourth-order valence-electron chi connectivity index (χ4n) is 1.46. The van der Waals surface area contributed by atoms with Crippen LogP contribution in [0.4, 0.5) is 4.79 Å². The molecule has 0 spiro atoms. The number of benzene rings is 1. The van der Waals surface area contributed by atoms with Gasteiger partial charge in [0.05, 0.1) is 4.47 Å². The maximum Gasteiger partial charge on any atom is 0.321 e. The SMILES string of the molecule is Cc1ccc(O[C@H](C)C(=O)NC(=O)NC(C)C)c(Br)c1. The second-order valence-corrected chi connectivity index (χ2v) is 5.67. The highest BCUT2D eigenvalue weighted by molar-refractivity contribution is 9.10. The van der Waals surface area contributed by atoms with Gasteiger partial charge in [-0.2, -0.15) is 0 Å². The van der Waals surface area contributed by atoms with Crippen LogP contribution in [0.25, 0.3) is 0 Å². The molecule has 1 rings (SSSR count). The average Bonchev–Trinajstić information content (AvgIpc) is 2.31. The van der Waals surface area contributed by atoms with E-state index >= 15 is 0 Å². The minimum absolute atomic E-state index is 0.0368. The Labute approximate surface area is 127 Å². The predicted octanol–water partition coefficient (Wildman–Crippen LogP) is 2.76. The van der Waals surface area contributed by atoms with Crippen LogP contribution in [-0.4, -0.2) is 24.1 Å². The van der Waals surface area contributed by atoms with Gasteiger partial charge in [-0.1, -0.05) is 6.07 Å². The van der Waals surface area contributed by atoms with E-state index in [4.69, 9.17) is 4.74 Å². The summed E-state index contributed by atoms with van der Waals surface area (Å²) >= 11 is 3.37. The number of hydrogen-bond donors (Lipinski definition) is 2. The van der Waals surface area contributed by atoms with E-state index in [1.807, 2.05) is 32.9 Å². The number of hydrogen-bond acceptors (Lipinski definition) is 3. The lowest BCUT2D eigenvalue weighted by atomic mass is 10.2. The highest BCUT2D eigenvalue weighted by atomic mass is 79.9. The van der Waals surface area contributed by atoms with Gasteiger partial charge in [-0.3, -0.25) is 10.1 Å². The van der Waals surface area contributed by atoms with Crippen molar-refractivity contribution < 1.29 is 14.3 Å². The molecule has 110 valence electrons. The van der Waals surface area contributed by atoms with Crippen LogP contribution in [0, 0.1) is 6.92 Å². The van der Waals surface area contributed by atoms with Gasteiger partial charge >= 0.3 is 6.03 Å². The fourth-order valence-corrected chi connectivity index (χ4v) is 2.04. The molecule has 6 heteroatoms. The molecule has 0 radical (unpaired) electrons. The van der Waals surface area contributed by atoms with Crippen molar-refractivity contribution in [2.75, 3.05) is 0 Å². The molecule has 0 saturated heterocycles. The van der Waals surface area contributed by atoms with Gasteiger partial charge in [0.25, 0.3) is 5.91 Å². The van der Waals surface area contributed by atoms with Crippen LogP contribution in [0.15, 0.2) is 22.7 Å². The Balaban J connectivity index is 2.59. The van der Waals surface area contributed by atoms with Gasteiger partial charge in [-0.05, 0) is 61.3 Å². The van der Waals surface area contributed by atoms with Crippen molar-refractivity contribution in [3.8, 4) is 5.75 Å². The maximum absolute atomic E-state index is 11.8. The van der Waals surface area contributed by atoms with Crippen LogP contribution in [0.2, 0.25) is 0 Å². The first kappa shape index (κ1) is 16.5. The van der Waals surface area contributed by atoms with E-state index in [-0.39, 0.29) is 6.04 Å². The van der Waals surface area contributed by atoms with Gasteiger partial charge in [0.1, 0.15) is 5.75 Å². The van der Waals surface area contributed by atoms with Crippen molar-refractivity contribution in [3.63, 3.8) is 0 Å². The van der Waals surface area contributed by atoms with E-state index in [0.717, 1.165) is 10.0 Å². The highest BCUT2D eigenvalue weighted by Gasteiger charge is 2.18. The molecule has 1 aromatic carbocycles. The van der Waals surface area contributed by atoms with Crippen molar-refractivity contribution in [2.24, 2.45) is 0 Å². The second kappa shape index (κ2) is 7.28. The normalized spacial score (nSPS) is 11.9. The molecule has 0 aliphatic heterocycles. The lowest BCUT2D eigenvalue weighted by Gasteiger charge is -2.16. The second-order valence-electron chi connectivity index (χ2n) is 4.81. The van der Waals surface area contributed by atoms with E-state index < -0.39 is 18.0 Å². The van der Waals surface area contributed by atoms with E-state index in [1.54, 1.807) is 13.0 Å². The van der Waals surface area contributed by atoms with Crippen molar-refractivity contribution in [3.05, 3.63) is 28.2 Å². The first-order valence-corrected chi connectivity index (χ1v) is 7.13. The van der Waals surface area contributed by atoms with Crippen molar-refractivity contribution in [1.82, 2.24) is 10.6 Å². The third-order valence-electron chi connectivity index (χ3n) is 2.42. The summed E-state index contributed by atoms with van der Waals surface area (Å²) in [6.45, 7) is 7.17. The molecule has 0 bridgehead atoms. The summed E-state index contributed by atoms with van der Waals surface area (Å²) in [7, 11) is 0. The Morgan fingerprint density at radius 3 is 2.45 bits per heavy atom. The Morgan fingerprint density at radius 1 is 1.25 bits per heavy atom. The summed E-state index contributed by atoms with van der Waals surface area (Å²) in [5, 5.41) is 4.81. The summed E-state index contributed by atoms with van der Waals surface area (Å²) < 4.78 is 6.30. The quantitative estimate of drug-likeness (QED) is 0.883. The van der Waals surface area contributed by atoms with Crippen molar-refractivity contribution in [1.29, 1.82) is 0 Å². The molecule has 5 nitrogen and oxygen atoms in total. The molecule has 0 heterocycles. The number of carbonyl (C=O) groups excluding carboxylic acids is 2. The van der Waals surface area contributed by atoms with Crippen molar-refractivity contribution >= 4 is 27.9 Å². The highest BCUT2D eigenvalue weighted by Crippen LogP contribution is 2.26. The molecule has 0 aliphatic rings. The minimum atomic E-state index is -0.771. The number of halogens is 1. The van der Waals surface area contributed by atoms with Crippen LogP contribution in [0.1, 0.15) is 26.3 Å². The molecular weight excluding hydrogens is 324 g/mol. The predicted molar refractivity (Wildman–Crippen MR) is 80.8 cm³/mol. The Kier molecular flexibility index (Phi) is 6.01. The monoisotopic (exact) mass is 342 g/mol. The molecule has 20 heavy (non-hydrogen) atoms. The minimum Gasteiger partial charge on any atom is -0.480 e. The Morgan fingerprint density at radius 2 is 1.90 bits per heavy atom. The van der Waals surface area contributed by atoms with Crippen molar-refractivity contribution in [2.45, 2.75) is 39.8 Å². The van der Waals surface area contributed by atoms with E-state index in [2.05, 4.69) is 26.6 Å². The molecule has 0 fully saturated rings. The molecule has 1 aromatic rings. The zero-order chi connectivity index (χ0) is 15.3. The third-order valence-corrected chi connectivity index (χ3v) is 3.04. The Bertz CT molecular complexity index is 503. The number of imide groups is 1. The molecule has 0 aromatic heterocycles. The van der Waals surface area contributed by atoms with Gasteiger partial charge in [-0.25, -0.2) is 4.79 Å². The van der Waals surface area contributed by atoms with Gasteiger partial charge in [0.15, 0.2) is 6.10 Å². The fraction of sp³-hybridized carbons (Fsp3) is 0.429. The Hall–Kier alpha value is -1.56. The van der Waals surface area contributed by atoms with E-state index in [1.165, 1.54) is 0 Å². The third kappa shape index (κ3) is 5.21. The van der Waals surface area contributed by atoms with Gasteiger partial charge in [0, 0.05) is 6.04 Å². The molecular formula is C14H19BrN2O3. The summed E-state index contributed by atoms with van der Waals surface area (Å²) in [5.41, 5.74) is 1.08. The number of rotatable bonds is 4. The van der Waals surface area contributed by atoms with Gasteiger partial charge in [-0.15, -0.1) is 0 Å². The maximum atomic E-state index is 11.8. The standard InChI is InChI=1S/C14H19BrN2O3/c1-8(2)16-14(19)17-13(18)10(4)20-12-6-5-9(3)7-11(12)15/h5-8,10H,1-4H3,(H2,16,17,18,19)/t10-/m1/s1. The topological polar surface area (TPSA) is 67.4 Å². The zero-order valence-electron chi connectivity index (χ0n) is 12.0. The average molecular weight is 343 g/mol. The number of urea groups is 1.